The Kier molecular flexibility index (Phi) is 10.6. The molecule has 0 aromatic heterocycles. The third-order valence-electron chi connectivity index (χ3n) is 6.77. The van der Waals surface area contributed by atoms with Crippen LogP contribution in [0.25, 0.3) is 0 Å². The largest absolute Gasteiger partial charge is 0.350 e. The summed E-state index contributed by atoms with van der Waals surface area (Å²) in [5, 5.41) is 2.96. The normalized spacial score (nSPS) is 12.3. The van der Waals surface area contributed by atoms with E-state index in [2.05, 4.69) is 21.2 Å². The van der Waals surface area contributed by atoms with Crippen molar-refractivity contribution in [3.63, 3.8) is 0 Å². The molecule has 0 fully saturated rings. The van der Waals surface area contributed by atoms with Crippen LogP contribution < -0.4 is 9.62 Å². The van der Waals surface area contributed by atoms with E-state index in [9.17, 15) is 18.0 Å². The summed E-state index contributed by atoms with van der Waals surface area (Å²) in [6.07, 6.45) is 0.130. The summed E-state index contributed by atoms with van der Waals surface area (Å²) < 4.78 is 44.6. The molecule has 0 heterocycles. The van der Waals surface area contributed by atoms with Gasteiger partial charge >= 0.3 is 0 Å². The molecule has 1 N–H and O–H groups in total. The molecule has 0 aliphatic rings. The van der Waals surface area contributed by atoms with Gasteiger partial charge in [-0.3, -0.25) is 13.9 Å². The number of carbonyl (C=O) groups excluding carboxylic acids is 2. The summed E-state index contributed by atoms with van der Waals surface area (Å²) in [5.74, 6) is -1.65. The molecule has 0 saturated carbocycles. The summed E-state index contributed by atoms with van der Waals surface area (Å²) in [5.41, 5.74) is 0.606. The molecule has 10 heteroatoms. The van der Waals surface area contributed by atoms with Gasteiger partial charge in [0.2, 0.25) is 11.8 Å². The number of anilines is 1. The fraction of sp³-hybridized carbons (Fsp3) is 0.235. The van der Waals surface area contributed by atoms with Crippen molar-refractivity contribution in [2.24, 2.45) is 0 Å². The summed E-state index contributed by atoms with van der Waals surface area (Å²) in [7, 11) is -4.22. The van der Waals surface area contributed by atoms with Gasteiger partial charge in [-0.25, -0.2) is 12.8 Å². The van der Waals surface area contributed by atoms with Crippen molar-refractivity contribution in [1.29, 1.82) is 0 Å². The SMILES string of the molecule is CC(C)(C)NC(=O)[C@H](Cc1ccccc1)N(Cc1ccccc1F)C(=O)CN(c1cccc(Br)c1)S(=O)(=O)c1ccccc1. The van der Waals surface area contributed by atoms with Crippen LogP contribution in [0.5, 0.6) is 0 Å². The zero-order valence-corrected chi connectivity index (χ0v) is 27.2. The van der Waals surface area contributed by atoms with Gasteiger partial charge in [0.15, 0.2) is 0 Å². The third kappa shape index (κ3) is 8.54. The van der Waals surface area contributed by atoms with Crippen LogP contribution in [0.4, 0.5) is 10.1 Å². The van der Waals surface area contributed by atoms with E-state index in [1.807, 2.05) is 51.1 Å². The molecule has 44 heavy (non-hydrogen) atoms. The molecule has 4 aromatic rings. The lowest BCUT2D eigenvalue weighted by Crippen LogP contribution is -2.56. The number of nitrogens with one attached hydrogen (secondary N) is 1. The number of sulfonamides is 1. The van der Waals surface area contributed by atoms with Crippen LogP contribution in [0.1, 0.15) is 31.9 Å². The molecule has 0 radical (unpaired) electrons. The Morgan fingerprint density at radius 2 is 1.48 bits per heavy atom. The van der Waals surface area contributed by atoms with Gasteiger partial charge in [0.25, 0.3) is 10.0 Å². The maximum atomic E-state index is 15.0. The summed E-state index contributed by atoms with van der Waals surface area (Å²) >= 11 is 3.40. The fourth-order valence-corrected chi connectivity index (χ4v) is 6.51. The predicted molar refractivity (Wildman–Crippen MR) is 174 cm³/mol. The number of halogens is 2. The van der Waals surface area contributed by atoms with E-state index in [4.69, 9.17) is 0 Å². The van der Waals surface area contributed by atoms with Gasteiger partial charge in [-0.1, -0.05) is 88.7 Å². The Morgan fingerprint density at radius 1 is 0.864 bits per heavy atom. The Morgan fingerprint density at radius 3 is 2.09 bits per heavy atom. The third-order valence-corrected chi connectivity index (χ3v) is 9.06. The van der Waals surface area contributed by atoms with E-state index in [-0.39, 0.29) is 29.1 Å². The van der Waals surface area contributed by atoms with Gasteiger partial charge in [0.05, 0.1) is 10.6 Å². The number of rotatable bonds is 11. The highest BCUT2D eigenvalue weighted by molar-refractivity contribution is 9.10. The van der Waals surface area contributed by atoms with Crippen molar-refractivity contribution in [3.8, 4) is 0 Å². The molecular formula is C34H35BrFN3O4S. The minimum atomic E-state index is -4.22. The van der Waals surface area contributed by atoms with Gasteiger partial charge in [0, 0.05) is 28.5 Å². The average molecular weight is 681 g/mol. The van der Waals surface area contributed by atoms with Crippen LogP contribution >= 0.6 is 15.9 Å². The number of amides is 2. The molecule has 4 aromatic carbocycles. The highest BCUT2D eigenvalue weighted by Crippen LogP contribution is 2.27. The Bertz CT molecular complexity index is 1700. The predicted octanol–water partition coefficient (Wildman–Crippen LogP) is 6.34. The maximum absolute atomic E-state index is 15.0. The van der Waals surface area contributed by atoms with Gasteiger partial charge in [0.1, 0.15) is 18.4 Å². The molecule has 1 atom stereocenters. The molecule has 4 rings (SSSR count). The van der Waals surface area contributed by atoms with E-state index < -0.39 is 45.8 Å². The second kappa shape index (κ2) is 14.2. The molecule has 0 saturated heterocycles. The second-order valence-corrected chi connectivity index (χ2v) is 14.1. The lowest BCUT2D eigenvalue weighted by atomic mass is 10.0. The Balaban J connectivity index is 1.82. The first-order valence-corrected chi connectivity index (χ1v) is 16.3. The monoisotopic (exact) mass is 679 g/mol. The van der Waals surface area contributed by atoms with E-state index in [1.54, 1.807) is 60.7 Å². The van der Waals surface area contributed by atoms with Crippen molar-refractivity contribution >= 4 is 43.5 Å². The van der Waals surface area contributed by atoms with E-state index >= 15 is 4.39 Å². The van der Waals surface area contributed by atoms with Crippen LogP contribution in [-0.2, 0) is 32.6 Å². The molecule has 2 amide bonds. The second-order valence-electron chi connectivity index (χ2n) is 11.4. The fourth-order valence-electron chi connectivity index (χ4n) is 4.70. The van der Waals surface area contributed by atoms with Crippen LogP contribution in [0.2, 0.25) is 0 Å². The van der Waals surface area contributed by atoms with Crippen molar-refractivity contribution in [3.05, 3.63) is 131 Å². The number of hydrogen-bond donors (Lipinski definition) is 1. The summed E-state index contributed by atoms with van der Waals surface area (Å²) in [6.45, 7) is 4.60. The first kappa shape index (κ1) is 32.9. The molecule has 230 valence electrons. The van der Waals surface area contributed by atoms with Gasteiger partial charge in [-0.2, -0.15) is 0 Å². The van der Waals surface area contributed by atoms with Crippen LogP contribution in [0.15, 0.2) is 119 Å². The summed E-state index contributed by atoms with van der Waals surface area (Å²) in [4.78, 5) is 29.6. The van der Waals surface area contributed by atoms with Crippen molar-refractivity contribution < 1.29 is 22.4 Å². The van der Waals surface area contributed by atoms with Crippen LogP contribution in [0, 0.1) is 5.82 Å². The van der Waals surface area contributed by atoms with Gasteiger partial charge in [-0.05, 0) is 62.7 Å². The quantitative estimate of drug-likeness (QED) is 0.201. The minimum absolute atomic E-state index is 0.000240. The standard InChI is InChI=1S/C34H35BrFN3O4S/c1-34(2,3)37-33(41)31(21-25-13-6-4-7-14-25)38(23-26-15-10-11-20-30(26)36)32(40)24-39(28-17-12-16-27(35)22-28)44(42,43)29-18-8-5-9-19-29/h4-20,22,31H,21,23-24H2,1-3H3,(H,37,41)/t31-/m0/s1. The topological polar surface area (TPSA) is 86.8 Å². The van der Waals surface area contributed by atoms with Crippen LogP contribution in [-0.4, -0.2) is 43.3 Å². The molecule has 7 nitrogen and oxygen atoms in total. The first-order valence-electron chi connectivity index (χ1n) is 14.1. The Labute approximate surface area is 266 Å². The number of benzene rings is 4. The van der Waals surface area contributed by atoms with E-state index in [1.165, 1.54) is 23.1 Å². The Hall–Kier alpha value is -4.02. The lowest BCUT2D eigenvalue weighted by molar-refractivity contribution is -0.140. The smallest absolute Gasteiger partial charge is 0.264 e. The van der Waals surface area contributed by atoms with Crippen molar-refractivity contribution in [2.75, 3.05) is 10.8 Å². The highest BCUT2D eigenvalue weighted by atomic mass is 79.9. The molecule has 0 aliphatic heterocycles. The molecule has 0 unspecified atom stereocenters. The minimum Gasteiger partial charge on any atom is -0.350 e. The average Bonchev–Trinajstić information content (AvgIpc) is 2.98. The number of hydrogen-bond acceptors (Lipinski definition) is 4. The molecule has 0 bridgehead atoms. The van der Waals surface area contributed by atoms with Crippen molar-refractivity contribution in [2.45, 2.75) is 50.2 Å². The molecular weight excluding hydrogens is 645 g/mol. The van der Waals surface area contributed by atoms with E-state index in [0.717, 1.165) is 9.87 Å². The zero-order valence-electron chi connectivity index (χ0n) is 24.8. The van der Waals surface area contributed by atoms with Crippen molar-refractivity contribution in [1.82, 2.24) is 10.2 Å². The maximum Gasteiger partial charge on any atom is 0.264 e. The zero-order chi connectivity index (χ0) is 31.9. The van der Waals surface area contributed by atoms with Gasteiger partial charge < -0.3 is 10.2 Å². The van der Waals surface area contributed by atoms with Crippen LogP contribution in [0.3, 0.4) is 0 Å². The number of nitrogens with zero attached hydrogens (tertiary/aromatic N) is 2. The number of carbonyl (C=O) groups is 2. The first-order chi connectivity index (χ1) is 20.8. The molecule has 0 aliphatic carbocycles. The highest BCUT2D eigenvalue weighted by Gasteiger charge is 2.36. The molecule has 0 spiro atoms. The summed E-state index contributed by atoms with van der Waals surface area (Å²) in [6, 6.07) is 28.6. The van der Waals surface area contributed by atoms with Gasteiger partial charge in [-0.15, -0.1) is 0 Å². The lowest BCUT2D eigenvalue weighted by Gasteiger charge is -2.35. The van der Waals surface area contributed by atoms with E-state index in [0.29, 0.717) is 4.47 Å².